The lowest BCUT2D eigenvalue weighted by atomic mass is 10.1. The number of rotatable bonds is 5. The number of carbonyl (C=O) groups is 1. The van der Waals surface area contributed by atoms with Gasteiger partial charge in [-0.3, -0.25) is 0 Å². The third-order valence-corrected chi connectivity index (χ3v) is 3.38. The van der Waals surface area contributed by atoms with Crippen LogP contribution < -0.4 is 10.1 Å². The number of aromatic carboxylic acids is 1. The van der Waals surface area contributed by atoms with Crippen molar-refractivity contribution in [2.45, 2.75) is 6.54 Å². The number of carboxylic acids is 1. The Morgan fingerprint density at radius 3 is 2.95 bits per heavy atom. The number of hydrogen-bond acceptors (Lipinski definition) is 4. The van der Waals surface area contributed by atoms with Crippen molar-refractivity contribution in [1.82, 2.24) is 4.98 Å². The summed E-state index contributed by atoms with van der Waals surface area (Å²) >= 11 is 3.25. The summed E-state index contributed by atoms with van der Waals surface area (Å²) in [6, 6.07) is 8.85. The Morgan fingerprint density at radius 2 is 2.25 bits per heavy atom. The van der Waals surface area contributed by atoms with Gasteiger partial charge in [0.1, 0.15) is 0 Å². The fourth-order valence-corrected chi connectivity index (χ4v) is 2.29. The number of nitrogens with one attached hydrogen (secondary N) is 1. The van der Waals surface area contributed by atoms with Gasteiger partial charge in [0.05, 0.1) is 18.4 Å². The monoisotopic (exact) mass is 336 g/mol. The van der Waals surface area contributed by atoms with Crippen molar-refractivity contribution >= 4 is 27.6 Å². The Morgan fingerprint density at radius 1 is 1.45 bits per heavy atom. The van der Waals surface area contributed by atoms with Crippen molar-refractivity contribution in [3.63, 3.8) is 0 Å². The number of halogens is 1. The van der Waals surface area contributed by atoms with E-state index in [0.717, 1.165) is 5.56 Å². The molecular weight excluding hydrogens is 324 g/mol. The number of carboxylic acid groups (broad SMARTS) is 1. The summed E-state index contributed by atoms with van der Waals surface area (Å²) in [6.45, 7) is 0.482. The zero-order valence-corrected chi connectivity index (χ0v) is 12.3. The molecule has 0 unspecified atom stereocenters. The Kier molecular flexibility index (Phi) is 4.57. The van der Waals surface area contributed by atoms with Gasteiger partial charge in [-0.1, -0.05) is 6.07 Å². The summed E-state index contributed by atoms with van der Waals surface area (Å²) in [4.78, 5) is 15.3. The molecule has 104 valence electrons. The van der Waals surface area contributed by atoms with Gasteiger partial charge in [-0.15, -0.1) is 0 Å². The third kappa shape index (κ3) is 3.27. The molecule has 2 aromatic rings. The predicted octanol–water partition coefficient (Wildman–Crippen LogP) is 3.16. The van der Waals surface area contributed by atoms with Gasteiger partial charge in [0.2, 0.25) is 5.88 Å². The van der Waals surface area contributed by atoms with Gasteiger partial charge in [0.15, 0.2) is 0 Å². The molecular formula is C14H13BrN2O3. The second-order valence-corrected chi connectivity index (χ2v) is 4.88. The van der Waals surface area contributed by atoms with Crippen LogP contribution in [0, 0.1) is 0 Å². The molecule has 0 saturated carbocycles. The van der Waals surface area contributed by atoms with Gasteiger partial charge >= 0.3 is 5.97 Å². The summed E-state index contributed by atoms with van der Waals surface area (Å²) in [5, 5.41) is 12.3. The van der Waals surface area contributed by atoms with Gasteiger partial charge in [0.25, 0.3) is 0 Å². The van der Waals surface area contributed by atoms with Gasteiger partial charge in [-0.05, 0) is 39.7 Å². The maximum atomic E-state index is 11.3. The van der Waals surface area contributed by atoms with E-state index in [9.17, 15) is 9.90 Å². The first kappa shape index (κ1) is 14.3. The first-order valence-electron chi connectivity index (χ1n) is 5.86. The lowest BCUT2D eigenvalue weighted by Gasteiger charge is -2.11. The average molecular weight is 337 g/mol. The highest BCUT2D eigenvalue weighted by atomic mass is 79.9. The molecule has 0 saturated heterocycles. The second kappa shape index (κ2) is 6.38. The molecule has 1 heterocycles. The smallest absolute Gasteiger partial charge is 0.338 e. The van der Waals surface area contributed by atoms with Crippen LogP contribution in [0.25, 0.3) is 0 Å². The highest BCUT2D eigenvalue weighted by molar-refractivity contribution is 9.10. The molecule has 5 nitrogen and oxygen atoms in total. The van der Waals surface area contributed by atoms with E-state index in [-0.39, 0.29) is 5.56 Å². The summed E-state index contributed by atoms with van der Waals surface area (Å²) in [5.41, 5.74) is 1.73. The summed E-state index contributed by atoms with van der Waals surface area (Å²) < 4.78 is 5.59. The number of ether oxygens (including phenoxy) is 1. The fraction of sp³-hybridized carbons (Fsp3) is 0.143. The molecule has 2 N–H and O–H groups in total. The van der Waals surface area contributed by atoms with E-state index in [1.54, 1.807) is 37.6 Å². The van der Waals surface area contributed by atoms with E-state index in [2.05, 4.69) is 26.2 Å². The van der Waals surface area contributed by atoms with Crippen LogP contribution in [0.1, 0.15) is 15.9 Å². The minimum Gasteiger partial charge on any atom is -0.481 e. The summed E-state index contributed by atoms with van der Waals surface area (Å²) in [6.07, 6.45) is 1.65. The zero-order valence-electron chi connectivity index (χ0n) is 10.8. The van der Waals surface area contributed by atoms with Crippen LogP contribution in [-0.2, 0) is 6.54 Å². The van der Waals surface area contributed by atoms with Crippen molar-refractivity contribution in [1.29, 1.82) is 0 Å². The molecule has 1 aromatic carbocycles. The van der Waals surface area contributed by atoms with Crippen molar-refractivity contribution in [3.05, 3.63) is 52.1 Å². The molecule has 0 aliphatic rings. The molecule has 0 radical (unpaired) electrons. The van der Waals surface area contributed by atoms with Gasteiger partial charge in [0, 0.05) is 23.3 Å². The number of pyridine rings is 1. The van der Waals surface area contributed by atoms with Crippen LogP contribution in [-0.4, -0.2) is 23.2 Å². The molecule has 20 heavy (non-hydrogen) atoms. The minimum absolute atomic E-state index is 0.216. The molecule has 0 aliphatic heterocycles. The Hall–Kier alpha value is -2.08. The largest absolute Gasteiger partial charge is 0.481 e. The average Bonchev–Trinajstić information content (AvgIpc) is 2.45. The molecule has 0 bridgehead atoms. The fourth-order valence-electron chi connectivity index (χ4n) is 1.76. The van der Waals surface area contributed by atoms with Gasteiger partial charge in [-0.2, -0.15) is 0 Å². The number of anilines is 1. The van der Waals surface area contributed by atoms with E-state index in [0.29, 0.717) is 22.6 Å². The van der Waals surface area contributed by atoms with E-state index >= 15 is 0 Å². The third-order valence-electron chi connectivity index (χ3n) is 2.72. The molecule has 0 fully saturated rings. The highest BCUT2D eigenvalue weighted by Gasteiger charge is 2.13. The van der Waals surface area contributed by atoms with Crippen LogP contribution in [0.3, 0.4) is 0 Å². The lowest BCUT2D eigenvalue weighted by molar-refractivity contribution is 0.0697. The van der Waals surface area contributed by atoms with Crippen LogP contribution in [0.4, 0.5) is 5.69 Å². The van der Waals surface area contributed by atoms with Crippen molar-refractivity contribution < 1.29 is 14.6 Å². The molecule has 0 atom stereocenters. The number of aromatic nitrogens is 1. The van der Waals surface area contributed by atoms with Crippen LogP contribution in [0.2, 0.25) is 0 Å². The number of hydrogen-bond donors (Lipinski definition) is 2. The normalized spacial score (nSPS) is 10.1. The molecule has 0 aliphatic carbocycles. The molecule has 0 spiro atoms. The summed E-state index contributed by atoms with van der Waals surface area (Å²) in [5.74, 6) is -0.454. The standard InChI is InChI=1S/C14H13BrN2O3/c1-20-12-7-9(5-6-16-12)8-17-11-4-2-3-10(15)13(11)14(18)19/h2-7,17H,8H2,1H3,(H,18,19). The number of nitrogens with zero attached hydrogens (tertiary/aromatic N) is 1. The molecule has 2 rings (SSSR count). The van der Waals surface area contributed by atoms with Gasteiger partial charge in [-0.25, -0.2) is 9.78 Å². The summed E-state index contributed by atoms with van der Waals surface area (Å²) in [7, 11) is 1.55. The van der Waals surface area contributed by atoms with Crippen LogP contribution in [0.5, 0.6) is 5.88 Å². The molecule has 1 aromatic heterocycles. The van der Waals surface area contributed by atoms with E-state index in [4.69, 9.17) is 4.74 Å². The van der Waals surface area contributed by atoms with E-state index < -0.39 is 5.97 Å². The first-order chi connectivity index (χ1) is 9.61. The Labute approximate surface area is 124 Å². The lowest BCUT2D eigenvalue weighted by Crippen LogP contribution is -2.07. The highest BCUT2D eigenvalue weighted by Crippen LogP contribution is 2.25. The quantitative estimate of drug-likeness (QED) is 0.877. The van der Waals surface area contributed by atoms with E-state index in [1.165, 1.54) is 0 Å². The van der Waals surface area contributed by atoms with Crippen molar-refractivity contribution in [2.75, 3.05) is 12.4 Å². The number of benzene rings is 1. The van der Waals surface area contributed by atoms with Crippen molar-refractivity contribution in [2.24, 2.45) is 0 Å². The van der Waals surface area contributed by atoms with Crippen LogP contribution >= 0.6 is 15.9 Å². The topological polar surface area (TPSA) is 71.5 Å². The maximum absolute atomic E-state index is 11.3. The van der Waals surface area contributed by atoms with Gasteiger partial charge < -0.3 is 15.2 Å². The van der Waals surface area contributed by atoms with E-state index in [1.807, 2.05) is 6.07 Å². The molecule has 0 amide bonds. The number of methoxy groups -OCH3 is 1. The Bertz CT molecular complexity index is 632. The Balaban J connectivity index is 2.18. The van der Waals surface area contributed by atoms with Crippen LogP contribution in [0.15, 0.2) is 41.0 Å². The second-order valence-electron chi connectivity index (χ2n) is 4.03. The zero-order chi connectivity index (χ0) is 14.5. The van der Waals surface area contributed by atoms with Crippen molar-refractivity contribution in [3.8, 4) is 5.88 Å². The minimum atomic E-state index is -0.979. The first-order valence-corrected chi connectivity index (χ1v) is 6.65. The predicted molar refractivity (Wildman–Crippen MR) is 79.2 cm³/mol. The SMILES string of the molecule is COc1cc(CNc2cccc(Br)c2C(=O)O)ccn1. The molecule has 6 heteroatoms. The maximum Gasteiger partial charge on any atom is 0.338 e.